The molecule has 0 aliphatic carbocycles. The first-order chi connectivity index (χ1) is 10.1. The van der Waals surface area contributed by atoms with Crippen LogP contribution in [0.15, 0.2) is 29.2 Å². The lowest BCUT2D eigenvalue weighted by atomic mass is 10.1. The van der Waals surface area contributed by atoms with Crippen molar-refractivity contribution in [2.45, 2.75) is 61.3 Å². The van der Waals surface area contributed by atoms with E-state index >= 15 is 0 Å². The lowest BCUT2D eigenvalue weighted by Gasteiger charge is -2.37. The van der Waals surface area contributed by atoms with Crippen LogP contribution in [0.2, 0.25) is 0 Å². The van der Waals surface area contributed by atoms with Crippen molar-refractivity contribution in [3.63, 3.8) is 0 Å². The molecule has 0 saturated carbocycles. The molecule has 2 saturated heterocycles. The van der Waals surface area contributed by atoms with Gasteiger partial charge in [-0.25, -0.2) is 8.42 Å². The Morgan fingerprint density at radius 2 is 1.71 bits per heavy atom. The molecule has 0 aromatic heterocycles. The predicted molar refractivity (Wildman–Crippen MR) is 88.2 cm³/mol. The van der Waals surface area contributed by atoms with Crippen LogP contribution in [0.25, 0.3) is 0 Å². The van der Waals surface area contributed by atoms with Gasteiger partial charge < -0.3 is 0 Å². The predicted octanol–water partition coefficient (Wildman–Crippen LogP) is 3.30. The van der Waals surface area contributed by atoms with Crippen molar-refractivity contribution in [3.8, 4) is 0 Å². The molecule has 3 nitrogen and oxygen atoms in total. The molecule has 0 radical (unpaired) electrons. The van der Waals surface area contributed by atoms with Crippen molar-refractivity contribution in [1.82, 2.24) is 4.31 Å². The molecule has 0 spiro atoms. The third-order valence-corrected chi connectivity index (χ3v) is 7.93. The van der Waals surface area contributed by atoms with E-state index in [-0.39, 0.29) is 12.1 Å². The van der Waals surface area contributed by atoms with Gasteiger partial charge in [-0.1, -0.05) is 19.1 Å². The Balaban J connectivity index is 1.88. The zero-order valence-corrected chi connectivity index (χ0v) is 14.3. The second kappa shape index (κ2) is 5.94. The van der Waals surface area contributed by atoms with Crippen molar-refractivity contribution in [2.75, 3.05) is 6.26 Å². The average Bonchev–Trinajstić information content (AvgIpc) is 2.79. The third-order valence-electron chi connectivity index (χ3n) is 4.86. The van der Waals surface area contributed by atoms with E-state index in [0.717, 1.165) is 32.1 Å². The summed E-state index contributed by atoms with van der Waals surface area (Å²) in [6, 6.07) is 7.82. The highest BCUT2D eigenvalue weighted by atomic mass is 32.2. The van der Waals surface area contributed by atoms with E-state index < -0.39 is 10.0 Å². The summed E-state index contributed by atoms with van der Waals surface area (Å²) in [5.74, 6) is 0. The van der Waals surface area contributed by atoms with Gasteiger partial charge in [0.05, 0.1) is 4.90 Å². The summed E-state index contributed by atoms with van der Waals surface area (Å²) in [7, 11) is -3.33. The van der Waals surface area contributed by atoms with Crippen molar-refractivity contribution in [2.24, 2.45) is 0 Å². The maximum atomic E-state index is 13.0. The number of nitrogens with zero attached hydrogens (tertiary/aromatic N) is 1. The SMILES string of the molecule is CCc1ccc(S(=O)(=O)N2C3CCC2CC(SC)C3)cc1. The Bertz CT molecular complexity index is 583. The van der Waals surface area contributed by atoms with Crippen molar-refractivity contribution in [3.05, 3.63) is 29.8 Å². The summed E-state index contributed by atoms with van der Waals surface area (Å²) < 4.78 is 27.7. The summed E-state index contributed by atoms with van der Waals surface area (Å²) in [4.78, 5) is 0.458. The van der Waals surface area contributed by atoms with Gasteiger partial charge in [-0.15, -0.1) is 0 Å². The summed E-state index contributed by atoms with van der Waals surface area (Å²) in [6.45, 7) is 2.08. The molecule has 0 N–H and O–H groups in total. The monoisotopic (exact) mass is 325 g/mol. The molecule has 1 aromatic rings. The Hall–Kier alpha value is -0.520. The first-order valence-electron chi connectivity index (χ1n) is 7.71. The van der Waals surface area contributed by atoms with Gasteiger partial charge in [0.15, 0.2) is 0 Å². The molecule has 2 bridgehead atoms. The second-order valence-corrected chi connectivity index (χ2v) is 9.03. The summed E-state index contributed by atoms with van der Waals surface area (Å²) in [6.07, 6.45) is 7.12. The fourth-order valence-corrected chi connectivity index (χ4v) is 6.41. The van der Waals surface area contributed by atoms with Gasteiger partial charge >= 0.3 is 0 Å². The molecule has 2 heterocycles. The first kappa shape index (κ1) is 15.4. The number of aryl methyl sites for hydroxylation is 1. The van der Waals surface area contributed by atoms with Crippen LogP contribution in [0.3, 0.4) is 0 Å². The van der Waals surface area contributed by atoms with E-state index in [4.69, 9.17) is 0 Å². The van der Waals surface area contributed by atoms with Gasteiger partial charge in [-0.05, 0) is 56.1 Å². The van der Waals surface area contributed by atoms with Crippen molar-refractivity contribution in [1.29, 1.82) is 0 Å². The average molecular weight is 325 g/mol. The fraction of sp³-hybridized carbons (Fsp3) is 0.625. The number of piperidine rings is 1. The molecule has 2 unspecified atom stereocenters. The molecular formula is C16H23NO2S2. The number of fused-ring (bicyclic) bond motifs is 2. The largest absolute Gasteiger partial charge is 0.243 e. The van der Waals surface area contributed by atoms with Crippen LogP contribution >= 0.6 is 11.8 Å². The maximum Gasteiger partial charge on any atom is 0.243 e. The first-order valence-corrected chi connectivity index (χ1v) is 10.4. The van der Waals surface area contributed by atoms with E-state index in [2.05, 4.69) is 13.2 Å². The fourth-order valence-electron chi connectivity index (χ4n) is 3.69. The minimum absolute atomic E-state index is 0.206. The number of sulfonamides is 1. The number of hydrogen-bond donors (Lipinski definition) is 0. The lowest BCUT2D eigenvalue weighted by Crippen LogP contribution is -2.47. The van der Waals surface area contributed by atoms with Crippen LogP contribution in [0.4, 0.5) is 0 Å². The van der Waals surface area contributed by atoms with Gasteiger partial charge in [-0.2, -0.15) is 16.1 Å². The van der Waals surface area contributed by atoms with Gasteiger partial charge in [-0.3, -0.25) is 0 Å². The quantitative estimate of drug-likeness (QED) is 0.852. The van der Waals surface area contributed by atoms with Gasteiger partial charge in [0.2, 0.25) is 10.0 Å². The molecule has 21 heavy (non-hydrogen) atoms. The number of thioether (sulfide) groups is 1. The molecule has 0 amide bonds. The summed E-state index contributed by atoms with van der Waals surface area (Å²) >= 11 is 1.89. The lowest BCUT2D eigenvalue weighted by molar-refractivity contribution is 0.253. The normalized spacial score (nSPS) is 29.7. The van der Waals surface area contributed by atoms with Crippen LogP contribution in [0.1, 0.15) is 38.2 Å². The molecule has 2 aliphatic heterocycles. The standard InChI is InChI=1S/C16H23NO2S2/c1-3-12-4-8-16(9-5-12)21(18,19)17-13-6-7-14(17)11-15(10-13)20-2/h4-5,8-9,13-15H,3,6-7,10-11H2,1-2H3. The molecule has 116 valence electrons. The number of rotatable bonds is 4. The van der Waals surface area contributed by atoms with E-state index in [0.29, 0.717) is 10.1 Å². The zero-order valence-electron chi connectivity index (χ0n) is 12.7. The van der Waals surface area contributed by atoms with Crippen LogP contribution < -0.4 is 0 Å². The van der Waals surface area contributed by atoms with Crippen molar-refractivity contribution < 1.29 is 8.42 Å². The maximum absolute atomic E-state index is 13.0. The molecule has 2 fully saturated rings. The van der Waals surface area contributed by atoms with Gasteiger partial charge in [0.25, 0.3) is 0 Å². The van der Waals surface area contributed by atoms with E-state index in [1.165, 1.54) is 5.56 Å². The minimum Gasteiger partial charge on any atom is -0.207 e. The van der Waals surface area contributed by atoms with Crippen LogP contribution in [-0.4, -0.2) is 36.3 Å². The third kappa shape index (κ3) is 2.76. The van der Waals surface area contributed by atoms with Gasteiger partial charge in [0.1, 0.15) is 0 Å². The highest BCUT2D eigenvalue weighted by molar-refractivity contribution is 7.99. The summed E-state index contributed by atoms with van der Waals surface area (Å²) in [5, 5.41) is 0.622. The Kier molecular flexibility index (Phi) is 4.35. The van der Waals surface area contributed by atoms with Crippen LogP contribution in [-0.2, 0) is 16.4 Å². The number of hydrogen-bond acceptors (Lipinski definition) is 3. The highest BCUT2D eigenvalue weighted by Crippen LogP contribution is 2.42. The van der Waals surface area contributed by atoms with Crippen LogP contribution in [0.5, 0.6) is 0 Å². The molecular weight excluding hydrogens is 302 g/mol. The van der Waals surface area contributed by atoms with E-state index in [1.54, 1.807) is 12.1 Å². The smallest absolute Gasteiger partial charge is 0.207 e. The zero-order chi connectivity index (χ0) is 15.0. The van der Waals surface area contributed by atoms with Gasteiger partial charge in [0, 0.05) is 17.3 Å². The second-order valence-electron chi connectivity index (χ2n) is 6.05. The molecule has 5 heteroatoms. The molecule has 1 aromatic carbocycles. The topological polar surface area (TPSA) is 37.4 Å². The molecule has 3 rings (SSSR count). The van der Waals surface area contributed by atoms with E-state index in [9.17, 15) is 8.42 Å². The van der Waals surface area contributed by atoms with E-state index in [1.807, 2.05) is 28.2 Å². The van der Waals surface area contributed by atoms with Crippen molar-refractivity contribution >= 4 is 21.8 Å². The Morgan fingerprint density at radius 1 is 1.14 bits per heavy atom. The molecule has 2 aliphatic rings. The molecule has 2 atom stereocenters. The van der Waals surface area contributed by atoms with Crippen LogP contribution in [0, 0.1) is 0 Å². The highest BCUT2D eigenvalue weighted by Gasteiger charge is 2.46. The number of benzene rings is 1. The minimum atomic E-state index is -3.33. The summed E-state index contributed by atoms with van der Waals surface area (Å²) in [5.41, 5.74) is 1.18. The Labute approximate surface area is 132 Å². The Morgan fingerprint density at radius 3 is 2.19 bits per heavy atom.